The molecule has 0 bridgehead atoms. The lowest BCUT2D eigenvalue weighted by atomic mass is 9.87. The molecular formula is C26H34O11. The first-order chi connectivity index (χ1) is 17.6. The van der Waals surface area contributed by atoms with Gasteiger partial charge in [0.1, 0.15) is 66.8 Å². The Kier molecular flexibility index (Phi) is 8.51. The van der Waals surface area contributed by atoms with Crippen molar-refractivity contribution in [1.82, 2.24) is 0 Å². The molecule has 37 heavy (non-hydrogen) atoms. The summed E-state index contributed by atoms with van der Waals surface area (Å²) in [6.45, 7) is 0.752. The lowest BCUT2D eigenvalue weighted by Crippen LogP contribution is -2.55. The fourth-order valence-electron chi connectivity index (χ4n) is 5.02. The van der Waals surface area contributed by atoms with Crippen LogP contribution >= 0.6 is 0 Å². The van der Waals surface area contributed by atoms with E-state index >= 15 is 0 Å². The van der Waals surface area contributed by atoms with Gasteiger partial charge >= 0.3 is 0 Å². The van der Waals surface area contributed by atoms with E-state index in [1.807, 2.05) is 6.07 Å². The normalized spacial score (nSPS) is 36.4. The third kappa shape index (κ3) is 5.12. The molecule has 2 aromatic rings. The molecule has 11 nitrogen and oxygen atoms in total. The highest BCUT2D eigenvalue weighted by atomic mass is 16.6. The predicted molar refractivity (Wildman–Crippen MR) is 129 cm³/mol. The molecule has 2 aromatic carbocycles. The minimum Gasteiger partial charge on any atom is -0.496 e. The summed E-state index contributed by atoms with van der Waals surface area (Å²) in [7, 11) is 1.48. The fourth-order valence-corrected chi connectivity index (χ4v) is 5.02. The largest absolute Gasteiger partial charge is 0.496 e. The first-order valence-corrected chi connectivity index (χ1v) is 12.0. The van der Waals surface area contributed by atoms with Crippen LogP contribution in [0.3, 0.4) is 0 Å². The van der Waals surface area contributed by atoms with Crippen LogP contribution in [0.2, 0.25) is 0 Å². The number of hydrogen-bond acceptors (Lipinski definition) is 11. The monoisotopic (exact) mass is 522 g/mol. The van der Waals surface area contributed by atoms with Gasteiger partial charge in [0.15, 0.2) is 0 Å². The zero-order valence-electron chi connectivity index (χ0n) is 20.5. The molecule has 2 fully saturated rings. The SMILES string of the molecule is COc1cc([C@H]2O[C@H](CO)[C@@H](O)C(O)[C@@H]2O)ccc1-c1ccc([C@H]2O[C@H](CO)[C@@H](O)[C@H](O)[C@@H]2O)c(C)c1. The highest BCUT2D eigenvalue weighted by Gasteiger charge is 2.45. The quantitative estimate of drug-likeness (QED) is 0.225. The maximum Gasteiger partial charge on any atom is 0.127 e. The van der Waals surface area contributed by atoms with Crippen LogP contribution in [0, 0.1) is 6.92 Å². The third-order valence-corrected chi connectivity index (χ3v) is 7.23. The molecule has 4 rings (SSSR count). The van der Waals surface area contributed by atoms with Crippen LogP contribution in [0.1, 0.15) is 28.9 Å². The summed E-state index contributed by atoms with van der Waals surface area (Å²) in [6, 6.07) is 10.4. The van der Waals surface area contributed by atoms with Gasteiger partial charge in [-0.05, 0) is 35.2 Å². The van der Waals surface area contributed by atoms with E-state index in [-0.39, 0.29) is 0 Å². The van der Waals surface area contributed by atoms with E-state index in [0.29, 0.717) is 22.4 Å². The summed E-state index contributed by atoms with van der Waals surface area (Å²) in [6.07, 6.45) is -12.7. The van der Waals surface area contributed by atoms with Gasteiger partial charge in [-0.3, -0.25) is 0 Å². The number of benzene rings is 2. The molecule has 1 unspecified atom stereocenters. The average molecular weight is 523 g/mol. The molecule has 2 saturated heterocycles. The summed E-state index contributed by atoms with van der Waals surface area (Å²) in [4.78, 5) is 0. The molecule has 2 aliphatic heterocycles. The second kappa shape index (κ2) is 11.3. The number of rotatable bonds is 6. The van der Waals surface area contributed by atoms with Gasteiger partial charge in [0.25, 0.3) is 0 Å². The van der Waals surface area contributed by atoms with Crippen LogP contribution in [0.25, 0.3) is 11.1 Å². The van der Waals surface area contributed by atoms with Gasteiger partial charge in [0, 0.05) is 5.56 Å². The lowest BCUT2D eigenvalue weighted by Gasteiger charge is -2.40. The molecule has 0 aromatic heterocycles. The molecule has 0 aliphatic carbocycles. The maximum atomic E-state index is 10.5. The number of ether oxygens (including phenoxy) is 3. The maximum absolute atomic E-state index is 10.5. The minimum atomic E-state index is -1.50. The number of methoxy groups -OCH3 is 1. The Hall–Kier alpha value is -2.16. The van der Waals surface area contributed by atoms with E-state index in [4.69, 9.17) is 14.2 Å². The number of aliphatic hydroxyl groups is 8. The molecule has 10 atom stereocenters. The van der Waals surface area contributed by atoms with Crippen molar-refractivity contribution < 1.29 is 55.1 Å². The Morgan fingerprint density at radius 1 is 0.703 bits per heavy atom. The Morgan fingerprint density at radius 2 is 1.27 bits per heavy atom. The van der Waals surface area contributed by atoms with Crippen molar-refractivity contribution in [2.24, 2.45) is 0 Å². The van der Waals surface area contributed by atoms with Crippen molar-refractivity contribution in [2.75, 3.05) is 20.3 Å². The topological polar surface area (TPSA) is 190 Å². The van der Waals surface area contributed by atoms with Crippen LogP contribution in [0.15, 0.2) is 36.4 Å². The van der Waals surface area contributed by atoms with Gasteiger partial charge in [0.2, 0.25) is 0 Å². The van der Waals surface area contributed by atoms with Gasteiger partial charge in [-0.2, -0.15) is 0 Å². The second-order valence-electron chi connectivity index (χ2n) is 9.53. The smallest absolute Gasteiger partial charge is 0.127 e. The van der Waals surface area contributed by atoms with Crippen molar-refractivity contribution in [2.45, 2.75) is 68.0 Å². The molecule has 2 aliphatic rings. The van der Waals surface area contributed by atoms with E-state index in [9.17, 15) is 40.9 Å². The van der Waals surface area contributed by atoms with E-state index in [2.05, 4.69) is 0 Å². The lowest BCUT2D eigenvalue weighted by molar-refractivity contribution is -0.231. The third-order valence-electron chi connectivity index (χ3n) is 7.23. The highest BCUT2D eigenvalue weighted by Crippen LogP contribution is 2.40. The van der Waals surface area contributed by atoms with E-state index in [0.717, 1.165) is 11.1 Å². The summed E-state index contributed by atoms with van der Waals surface area (Å²) < 4.78 is 16.9. The van der Waals surface area contributed by atoms with Crippen molar-refractivity contribution in [3.05, 3.63) is 53.1 Å². The highest BCUT2D eigenvalue weighted by molar-refractivity contribution is 5.72. The molecule has 8 N–H and O–H groups in total. The standard InChI is InChI=1S/C26H34O11/c1-11-7-12(3-5-14(11)26-24(34)22(32)20(30)18(10-28)37-26)15-6-4-13(8-16(15)35-2)25-23(33)21(31)19(29)17(9-27)36-25/h3-8,17-34H,9-10H2,1-2H3/t17-,18-,19-,20-,21?,22+,23+,24+,25-,26-/m1/s1. The van der Waals surface area contributed by atoms with E-state index < -0.39 is 74.3 Å². The number of hydrogen-bond donors (Lipinski definition) is 8. The zero-order valence-corrected chi connectivity index (χ0v) is 20.5. The predicted octanol–water partition coefficient (Wildman–Crippen LogP) is -1.30. The molecule has 2 heterocycles. The summed E-state index contributed by atoms with van der Waals surface area (Å²) in [5, 5.41) is 80.3. The van der Waals surface area contributed by atoms with Gasteiger partial charge < -0.3 is 55.1 Å². The Bertz CT molecular complexity index is 1070. The second-order valence-corrected chi connectivity index (χ2v) is 9.53. The van der Waals surface area contributed by atoms with Crippen LogP contribution in [0.5, 0.6) is 5.75 Å². The van der Waals surface area contributed by atoms with Crippen molar-refractivity contribution in [3.63, 3.8) is 0 Å². The fraction of sp³-hybridized carbons (Fsp3) is 0.538. The summed E-state index contributed by atoms with van der Waals surface area (Å²) in [5.41, 5.74) is 3.23. The van der Waals surface area contributed by atoms with Gasteiger partial charge in [-0.1, -0.05) is 30.3 Å². The Morgan fingerprint density at radius 3 is 1.81 bits per heavy atom. The molecule has 0 radical (unpaired) electrons. The average Bonchev–Trinajstić information content (AvgIpc) is 2.91. The molecule has 0 saturated carbocycles. The molecule has 0 spiro atoms. The zero-order chi connectivity index (χ0) is 27.0. The van der Waals surface area contributed by atoms with Gasteiger partial charge in [-0.25, -0.2) is 0 Å². The van der Waals surface area contributed by atoms with E-state index in [1.165, 1.54) is 7.11 Å². The van der Waals surface area contributed by atoms with Crippen LogP contribution in [-0.2, 0) is 9.47 Å². The van der Waals surface area contributed by atoms with Crippen molar-refractivity contribution in [3.8, 4) is 16.9 Å². The van der Waals surface area contributed by atoms with Crippen LogP contribution in [0.4, 0.5) is 0 Å². The van der Waals surface area contributed by atoms with Crippen LogP contribution in [-0.4, -0.2) is 110 Å². The Balaban J connectivity index is 1.63. The van der Waals surface area contributed by atoms with Crippen molar-refractivity contribution in [1.29, 1.82) is 0 Å². The van der Waals surface area contributed by atoms with Gasteiger partial charge in [-0.15, -0.1) is 0 Å². The molecular weight excluding hydrogens is 488 g/mol. The minimum absolute atomic E-state index is 0.439. The first-order valence-electron chi connectivity index (χ1n) is 12.0. The number of aryl methyl sites for hydroxylation is 1. The molecule has 0 amide bonds. The van der Waals surface area contributed by atoms with Crippen LogP contribution < -0.4 is 4.74 Å². The molecule has 204 valence electrons. The van der Waals surface area contributed by atoms with Crippen molar-refractivity contribution >= 4 is 0 Å². The Labute approximate surface area is 213 Å². The van der Waals surface area contributed by atoms with Gasteiger partial charge in [0.05, 0.1) is 20.3 Å². The van der Waals surface area contributed by atoms with E-state index in [1.54, 1.807) is 37.3 Å². The summed E-state index contributed by atoms with van der Waals surface area (Å²) in [5.74, 6) is 0.439. The first kappa shape index (κ1) is 27.9. The summed E-state index contributed by atoms with van der Waals surface area (Å²) >= 11 is 0. The molecule has 11 heteroatoms. The number of aliphatic hydroxyl groups excluding tert-OH is 8.